The number of pyridine rings is 1. The number of imidazole rings is 1. The number of furan rings is 2. The van der Waals surface area contributed by atoms with Crippen molar-refractivity contribution < 1.29 is 28.9 Å². The Kier molecular flexibility index (Phi) is 12.3. The molecule has 8 heteroatoms. The van der Waals surface area contributed by atoms with E-state index in [9.17, 15) is 0 Å². The van der Waals surface area contributed by atoms with Crippen molar-refractivity contribution in [1.82, 2.24) is 24.5 Å². The number of nitrogens with zero attached hydrogens (tertiary/aromatic N) is 5. The third-order valence-electron chi connectivity index (χ3n) is 12.6. The van der Waals surface area contributed by atoms with E-state index in [1.165, 1.54) is 11.1 Å². The van der Waals surface area contributed by atoms with Crippen LogP contribution in [-0.4, -0.2) is 24.5 Å². The summed E-state index contributed by atoms with van der Waals surface area (Å²) in [6.45, 7) is 22.0. The van der Waals surface area contributed by atoms with Crippen molar-refractivity contribution in [3.8, 4) is 39.6 Å². The van der Waals surface area contributed by atoms with Crippen molar-refractivity contribution in [3.05, 3.63) is 174 Å². The first-order valence-corrected chi connectivity index (χ1v) is 23.3. The summed E-state index contributed by atoms with van der Waals surface area (Å²) in [6.07, 6.45) is 3.79. The molecule has 343 valence electrons. The largest absolute Gasteiger partial charge is 0.501 e. The van der Waals surface area contributed by atoms with Crippen molar-refractivity contribution in [2.45, 2.75) is 91.9 Å². The number of fused-ring (bicyclic) bond motifs is 7. The monoisotopic (exact) mass is 1070 g/mol. The first-order valence-electron chi connectivity index (χ1n) is 23.3. The maximum atomic E-state index is 6.80. The van der Waals surface area contributed by atoms with Gasteiger partial charge in [0.25, 0.3) is 0 Å². The molecule has 0 aliphatic heterocycles. The first-order chi connectivity index (χ1) is 32.2. The van der Waals surface area contributed by atoms with Gasteiger partial charge in [0, 0.05) is 70.9 Å². The van der Waals surface area contributed by atoms with Crippen LogP contribution in [0.3, 0.4) is 0 Å². The van der Waals surface area contributed by atoms with E-state index in [1.54, 1.807) is 0 Å². The van der Waals surface area contributed by atoms with Gasteiger partial charge in [-0.3, -0.25) is 4.98 Å². The number of hydrogen-bond acceptors (Lipinski definition) is 6. The molecule has 0 atom stereocenters. The van der Waals surface area contributed by atoms with Gasteiger partial charge in [0.15, 0.2) is 0 Å². The summed E-state index contributed by atoms with van der Waals surface area (Å²) in [4.78, 5) is 19.3. The van der Waals surface area contributed by atoms with E-state index in [4.69, 9.17) is 18.8 Å². The van der Waals surface area contributed by atoms with E-state index in [0.29, 0.717) is 0 Å². The van der Waals surface area contributed by atoms with E-state index >= 15 is 0 Å². The van der Waals surface area contributed by atoms with Crippen LogP contribution in [0.4, 0.5) is 0 Å². The summed E-state index contributed by atoms with van der Waals surface area (Å²) < 4.78 is 15.8. The van der Waals surface area contributed by atoms with Crippen molar-refractivity contribution in [2.24, 2.45) is 0 Å². The van der Waals surface area contributed by atoms with Crippen molar-refractivity contribution in [3.63, 3.8) is 0 Å². The van der Waals surface area contributed by atoms with Gasteiger partial charge in [-0.2, -0.15) is 0 Å². The van der Waals surface area contributed by atoms with E-state index in [2.05, 4.69) is 175 Å². The maximum Gasteiger partial charge on any atom is 0.140 e. The number of hydrogen-bond donors (Lipinski definition) is 0. The molecule has 5 heterocycles. The van der Waals surface area contributed by atoms with Gasteiger partial charge >= 0.3 is 0 Å². The molecule has 0 aliphatic rings. The molecular formula is C60H55IrN5O2-2. The minimum atomic E-state index is -0.157. The van der Waals surface area contributed by atoms with Crippen LogP contribution in [-0.2, 0) is 30.9 Å². The number of rotatable bonds is 6. The summed E-state index contributed by atoms with van der Waals surface area (Å²) in [6, 6.07) is 50.2. The first kappa shape index (κ1) is 46.4. The van der Waals surface area contributed by atoms with Crippen molar-refractivity contribution in [1.29, 1.82) is 0 Å². The fraction of sp³-hybridized carbons (Fsp3) is 0.233. The molecular weight excluding hydrogens is 1010 g/mol. The standard InChI is InChI=1S/C45H39N4O2.C15H16N.Ir/c1-25(2)32-24-33-28-13-8-11-18-37(28)50-42(33)39(26(3)4)40(32)49-36-17-10-9-16-35(36)47-43(49)31-15-12-14-30-29-20-19-27(23-38(29)51-41(30)31)34-21-22-46-44(48-34)45(5,6)7;1-15(2,3)13-9-10-14(16-11-13)12-7-5-4-6-8-12;/h8-14,16-26H,1-7H3;4-7,9-11H,1-3H3;/q2*-1;. The molecule has 0 N–H and O–H groups in total. The maximum absolute atomic E-state index is 6.80. The predicted molar refractivity (Wildman–Crippen MR) is 275 cm³/mol. The Morgan fingerprint density at radius 1 is 0.588 bits per heavy atom. The summed E-state index contributed by atoms with van der Waals surface area (Å²) in [5.41, 5.74) is 14.7. The van der Waals surface area contributed by atoms with Gasteiger partial charge in [-0.15, -0.1) is 54.1 Å². The molecule has 1 radical (unpaired) electrons. The van der Waals surface area contributed by atoms with Crippen LogP contribution < -0.4 is 0 Å². The molecule has 6 aromatic carbocycles. The summed E-state index contributed by atoms with van der Waals surface area (Å²) in [5, 5.41) is 4.33. The van der Waals surface area contributed by atoms with Crippen LogP contribution in [0.2, 0.25) is 0 Å². The van der Waals surface area contributed by atoms with Crippen LogP contribution in [0.25, 0.3) is 94.5 Å². The zero-order chi connectivity index (χ0) is 46.8. The van der Waals surface area contributed by atoms with Crippen molar-refractivity contribution >= 4 is 54.9 Å². The van der Waals surface area contributed by atoms with Crippen LogP contribution in [0.5, 0.6) is 0 Å². The topological polar surface area (TPSA) is 82.8 Å². The van der Waals surface area contributed by atoms with E-state index in [0.717, 1.165) is 106 Å². The Morgan fingerprint density at radius 3 is 2.06 bits per heavy atom. The molecule has 5 aromatic heterocycles. The second-order valence-electron chi connectivity index (χ2n) is 20.2. The third-order valence-corrected chi connectivity index (χ3v) is 12.6. The Morgan fingerprint density at radius 2 is 1.34 bits per heavy atom. The molecule has 0 amide bonds. The molecule has 68 heavy (non-hydrogen) atoms. The van der Waals surface area contributed by atoms with Crippen molar-refractivity contribution in [2.75, 3.05) is 0 Å². The van der Waals surface area contributed by atoms with Crippen LogP contribution in [0.15, 0.2) is 149 Å². The molecule has 11 aromatic rings. The molecule has 0 fully saturated rings. The van der Waals surface area contributed by atoms with E-state index in [-0.39, 0.29) is 42.8 Å². The molecule has 0 aliphatic carbocycles. The molecule has 0 spiro atoms. The minimum absolute atomic E-state index is 0. The van der Waals surface area contributed by atoms with Gasteiger partial charge in [0.2, 0.25) is 0 Å². The molecule has 0 saturated heterocycles. The Labute approximate surface area is 412 Å². The van der Waals surface area contributed by atoms with E-state index < -0.39 is 0 Å². The van der Waals surface area contributed by atoms with E-state index in [1.807, 2.05) is 60.9 Å². The summed E-state index contributed by atoms with van der Waals surface area (Å²) in [5.74, 6) is 1.99. The number of aromatic nitrogens is 5. The summed E-state index contributed by atoms with van der Waals surface area (Å²) >= 11 is 0. The average Bonchev–Trinajstić information content (AvgIpc) is 4.02. The smallest absolute Gasteiger partial charge is 0.140 e. The molecule has 0 bridgehead atoms. The van der Waals surface area contributed by atoms with Crippen LogP contribution in [0.1, 0.15) is 104 Å². The van der Waals surface area contributed by atoms with Crippen LogP contribution in [0, 0.1) is 12.1 Å². The van der Waals surface area contributed by atoms with Gasteiger partial charge in [-0.1, -0.05) is 135 Å². The minimum Gasteiger partial charge on any atom is -0.501 e. The van der Waals surface area contributed by atoms with Gasteiger partial charge in [-0.25, -0.2) is 9.97 Å². The number of benzene rings is 6. The molecule has 7 nitrogen and oxygen atoms in total. The quantitative estimate of drug-likeness (QED) is 0.154. The Balaban J connectivity index is 0.000000289. The zero-order valence-corrected chi connectivity index (χ0v) is 42.7. The average molecular weight is 1070 g/mol. The zero-order valence-electron chi connectivity index (χ0n) is 40.3. The molecule has 11 rings (SSSR count). The summed E-state index contributed by atoms with van der Waals surface area (Å²) in [7, 11) is 0. The normalized spacial score (nSPS) is 12.1. The second-order valence-corrected chi connectivity index (χ2v) is 20.2. The Hall–Kier alpha value is -6.73. The fourth-order valence-corrected chi connectivity index (χ4v) is 9.04. The third kappa shape index (κ3) is 8.46. The van der Waals surface area contributed by atoms with Gasteiger partial charge in [-0.05, 0) is 70.5 Å². The van der Waals surface area contributed by atoms with Gasteiger partial charge in [0.1, 0.15) is 22.6 Å². The predicted octanol–water partition coefficient (Wildman–Crippen LogP) is 16.1. The second kappa shape index (κ2) is 18.1. The number of para-hydroxylation sites is 3. The fourth-order valence-electron chi connectivity index (χ4n) is 9.04. The Bertz CT molecular complexity index is 3600. The van der Waals surface area contributed by atoms with Crippen LogP contribution >= 0.6 is 0 Å². The van der Waals surface area contributed by atoms with Gasteiger partial charge in [0.05, 0.1) is 28.1 Å². The van der Waals surface area contributed by atoms with Gasteiger partial charge < -0.3 is 18.4 Å². The molecule has 0 unspecified atom stereocenters. The SMILES string of the molecule is CC(C)(C)c1ccc(-c2[c-]cccc2)nc1.CC(C)c1cc2c(oc3ccccc32)c(C(C)C)c1-n1c(-c2[c-]ccc3c2oc2cc(-c4ccnc(C(C)(C)C)n4)ccc23)nc2ccccc21.[Ir]. The molecule has 0 saturated carbocycles.